The van der Waals surface area contributed by atoms with Gasteiger partial charge in [0.1, 0.15) is 0 Å². The van der Waals surface area contributed by atoms with Gasteiger partial charge in [0.05, 0.1) is 0 Å². The van der Waals surface area contributed by atoms with E-state index >= 15 is 0 Å². The van der Waals surface area contributed by atoms with Gasteiger partial charge in [-0.1, -0.05) is 0 Å². The maximum atomic E-state index is 13.1. The standard InChI is InChI=1S/C29H36Cl2N12O4/c1-39(2)13-14-43-17-22(33-24(43)23(32)44)38-29(47)26-35-21(16-41(26)4)37-28(46)25-34-20(15-40(25)3)36-27(45)18-5-7-19(8-6-18)42(11-9-30)12-10-31/h5-8,15-17H,9-14H2,1-4H3,(H2,32,44)(H,36,45)(H,37,46)(H,38,47). The molecule has 0 aliphatic rings. The van der Waals surface area contributed by atoms with E-state index in [2.05, 4.69) is 30.9 Å². The number of nitrogens with one attached hydrogen (secondary N) is 3. The van der Waals surface area contributed by atoms with Crippen molar-refractivity contribution in [1.29, 1.82) is 0 Å². The molecule has 0 radical (unpaired) electrons. The number of rotatable bonds is 15. The van der Waals surface area contributed by atoms with E-state index < -0.39 is 23.6 Å². The number of imidazole rings is 3. The zero-order chi connectivity index (χ0) is 34.2. The van der Waals surface area contributed by atoms with Crippen molar-refractivity contribution < 1.29 is 19.2 Å². The number of alkyl halides is 2. The number of benzene rings is 1. The van der Waals surface area contributed by atoms with Crippen LogP contribution in [0.4, 0.5) is 23.1 Å². The van der Waals surface area contributed by atoms with Gasteiger partial charge in [-0.05, 0) is 38.4 Å². The Morgan fingerprint density at radius 2 is 1.19 bits per heavy atom. The normalized spacial score (nSPS) is 11.0. The highest BCUT2D eigenvalue weighted by atomic mass is 35.5. The first-order valence-corrected chi connectivity index (χ1v) is 15.5. The lowest BCUT2D eigenvalue weighted by atomic mass is 10.2. The van der Waals surface area contributed by atoms with Crippen LogP contribution in [0.15, 0.2) is 42.9 Å². The zero-order valence-electron chi connectivity index (χ0n) is 26.3. The van der Waals surface area contributed by atoms with E-state index in [1.54, 1.807) is 30.8 Å². The molecular formula is C29H36Cl2N12O4. The number of aryl methyl sites for hydroxylation is 2. The van der Waals surface area contributed by atoms with Gasteiger partial charge in [0.15, 0.2) is 17.5 Å². The number of aromatic nitrogens is 6. The van der Waals surface area contributed by atoms with Crippen molar-refractivity contribution in [3.8, 4) is 0 Å². The molecule has 4 amide bonds. The topological polar surface area (TPSA) is 190 Å². The van der Waals surface area contributed by atoms with E-state index in [4.69, 9.17) is 28.9 Å². The molecule has 18 heteroatoms. The lowest BCUT2D eigenvalue weighted by molar-refractivity contribution is 0.0980. The Morgan fingerprint density at radius 3 is 1.66 bits per heavy atom. The molecule has 16 nitrogen and oxygen atoms in total. The number of nitrogens with two attached hydrogens (primary N) is 1. The highest BCUT2D eigenvalue weighted by Crippen LogP contribution is 2.18. The fourth-order valence-electron chi connectivity index (χ4n) is 4.56. The van der Waals surface area contributed by atoms with Crippen LogP contribution in [0.1, 0.15) is 42.2 Å². The second-order valence-electron chi connectivity index (χ2n) is 10.7. The summed E-state index contributed by atoms with van der Waals surface area (Å²) in [4.78, 5) is 67.3. The molecule has 0 saturated heterocycles. The molecule has 47 heavy (non-hydrogen) atoms. The Hall–Kier alpha value is -4.93. The molecule has 3 aromatic heterocycles. The Labute approximate surface area is 280 Å². The molecule has 0 unspecified atom stereocenters. The fraction of sp³-hybridized carbons (Fsp3) is 0.345. The molecule has 250 valence electrons. The largest absolute Gasteiger partial charge is 0.369 e. The van der Waals surface area contributed by atoms with Crippen molar-refractivity contribution in [2.75, 3.05) is 66.3 Å². The molecule has 0 saturated carbocycles. The van der Waals surface area contributed by atoms with E-state index in [0.29, 0.717) is 43.5 Å². The quantitative estimate of drug-likeness (QED) is 0.136. The molecule has 5 N–H and O–H groups in total. The summed E-state index contributed by atoms with van der Waals surface area (Å²) in [5.41, 5.74) is 6.73. The van der Waals surface area contributed by atoms with Crippen molar-refractivity contribution in [1.82, 2.24) is 33.6 Å². The van der Waals surface area contributed by atoms with Gasteiger partial charge in [-0.15, -0.1) is 23.2 Å². The third-order valence-corrected chi connectivity index (χ3v) is 7.21. The van der Waals surface area contributed by atoms with Crippen LogP contribution in [0.25, 0.3) is 0 Å². The molecule has 3 heterocycles. The molecule has 0 atom stereocenters. The van der Waals surface area contributed by atoms with E-state index in [9.17, 15) is 19.2 Å². The Kier molecular flexibility index (Phi) is 11.6. The molecule has 0 aliphatic heterocycles. The third-order valence-electron chi connectivity index (χ3n) is 6.87. The number of primary amides is 1. The number of nitrogens with zero attached hydrogens (tertiary/aromatic N) is 8. The number of anilines is 4. The van der Waals surface area contributed by atoms with E-state index in [1.165, 1.54) is 27.7 Å². The summed E-state index contributed by atoms with van der Waals surface area (Å²) in [6, 6.07) is 6.98. The summed E-state index contributed by atoms with van der Waals surface area (Å²) in [5.74, 6) is -1.16. The molecular weight excluding hydrogens is 651 g/mol. The van der Waals surface area contributed by atoms with Crippen LogP contribution in [-0.4, -0.2) is 103 Å². The van der Waals surface area contributed by atoms with Crippen LogP contribution in [0.5, 0.6) is 0 Å². The number of amides is 4. The van der Waals surface area contributed by atoms with Crippen LogP contribution >= 0.6 is 23.2 Å². The summed E-state index contributed by atoms with van der Waals surface area (Å²) in [5, 5.41) is 7.92. The van der Waals surface area contributed by atoms with Gasteiger partial charge in [-0.2, -0.15) is 0 Å². The molecule has 1 aromatic carbocycles. The van der Waals surface area contributed by atoms with Gasteiger partial charge < -0.3 is 45.2 Å². The van der Waals surface area contributed by atoms with Gasteiger partial charge in [0.2, 0.25) is 17.5 Å². The first-order valence-electron chi connectivity index (χ1n) is 14.4. The summed E-state index contributed by atoms with van der Waals surface area (Å²) >= 11 is 11.8. The number of carbonyl (C=O) groups excluding carboxylic acids is 4. The maximum absolute atomic E-state index is 13.1. The van der Waals surface area contributed by atoms with E-state index in [-0.39, 0.29) is 34.9 Å². The molecule has 0 fully saturated rings. The average molecular weight is 688 g/mol. The van der Waals surface area contributed by atoms with Crippen LogP contribution in [0.2, 0.25) is 0 Å². The van der Waals surface area contributed by atoms with Crippen molar-refractivity contribution in [2.45, 2.75) is 6.54 Å². The molecule has 0 spiro atoms. The van der Waals surface area contributed by atoms with Crippen molar-refractivity contribution in [3.05, 3.63) is 65.9 Å². The predicted molar refractivity (Wildman–Crippen MR) is 180 cm³/mol. The number of halogens is 2. The maximum Gasteiger partial charge on any atom is 0.292 e. The van der Waals surface area contributed by atoms with E-state index in [0.717, 1.165) is 5.69 Å². The van der Waals surface area contributed by atoms with Gasteiger partial charge >= 0.3 is 0 Å². The predicted octanol–water partition coefficient (Wildman–Crippen LogP) is 2.05. The molecule has 4 rings (SSSR count). The Balaban J connectivity index is 1.40. The summed E-state index contributed by atoms with van der Waals surface area (Å²) in [6.45, 7) is 2.29. The van der Waals surface area contributed by atoms with Gasteiger partial charge in [0, 0.05) is 81.9 Å². The number of carbonyl (C=O) groups is 4. The lowest BCUT2D eigenvalue weighted by Crippen LogP contribution is -2.27. The van der Waals surface area contributed by atoms with Crippen LogP contribution in [-0.2, 0) is 20.6 Å². The Morgan fingerprint density at radius 1 is 0.723 bits per heavy atom. The zero-order valence-corrected chi connectivity index (χ0v) is 27.8. The first-order chi connectivity index (χ1) is 22.4. The number of hydrogen-bond donors (Lipinski definition) is 4. The minimum Gasteiger partial charge on any atom is -0.369 e. The van der Waals surface area contributed by atoms with Crippen LogP contribution in [0, 0.1) is 0 Å². The van der Waals surface area contributed by atoms with Crippen molar-refractivity contribution in [2.24, 2.45) is 19.8 Å². The summed E-state index contributed by atoms with van der Waals surface area (Å²) in [6.07, 6.45) is 4.46. The molecule has 0 bridgehead atoms. The smallest absolute Gasteiger partial charge is 0.292 e. The molecule has 4 aromatic rings. The van der Waals surface area contributed by atoms with Crippen LogP contribution in [0.3, 0.4) is 0 Å². The molecule has 0 aliphatic carbocycles. The van der Waals surface area contributed by atoms with Crippen molar-refractivity contribution >= 4 is 70.0 Å². The SMILES string of the molecule is CN(C)CCn1cc(NC(=O)c2nc(NC(=O)c3nc(NC(=O)c4ccc(N(CCCl)CCCl)cc4)cn3C)cn2C)nc1C(N)=O. The highest BCUT2D eigenvalue weighted by molar-refractivity contribution is 6.18. The van der Waals surface area contributed by atoms with Gasteiger partial charge in [-0.3, -0.25) is 19.2 Å². The Bertz CT molecular complexity index is 1740. The third kappa shape index (κ3) is 8.87. The monoisotopic (exact) mass is 686 g/mol. The fourth-order valence-corrected chi connectivity index (χ4v) is 4.96. The lowest BCUT2D eigenvalue weighted by Gasteiger charge is -2.22. The second kappa shape index (κ2) is 15.6. The number of likely N-dealkylation sites (N-methyl/N-ethyl adjacent to an activating group) is 1. The van der Waals surface area contributed by atoms with Gasteiger partial charge in [0.25, 0.3) is 23.6 Å². The van der Waals surface area contributed by atoms with Crippen molar-refractivity contribution in [3.63, 3.8) is 0 Å². The van der Waals surface area contributed by atoms with Crippen LogP contribution < -0.4 is 26.6 Å². The minimum atomic E-state index is -0.731. The average Bonchev–Trinajstić information content (AvgIpc) is 3.71. The van der Waals surface area contributed by atoms with Gasteiger partial charge in [-0.25, -0.2) is 15.0 Å². The number of hydrogen-bond acceptors (Lipinski definition) is 9. The summed E-state index contributed by atoms with van der Waals surface area (Å²) < 4.78 is 4.43. The highest BCUT2D eigenvalue weighted by Gasteiger charge is 2.21. The summed E-state index contributed by atoms with van der Waals surface area (Å²) in [7, 11) is 6.95. The van der Waals surface area contributed by atoms with E-state index in [1.807, 2.05) is 36.0 Å². The minimum absolute atomic E-state index is 0.00557. The first kappa shape index (κ1) is 34.9. The second-order valence-corrected chi connectivity index (χ2v) is 11.5.